The lowest BCUT2D eigenvalue weighted by molar-refractivity contribution is 0.0975. The molecule has 7 heteroatoms. The number of hydrogen-bond donors (Lipinski definition) is 4. The van der Waals surface area contributed by atoms with E-state index < -0.39 is 11.6 Å². The van der Waals surface area contributed by atoms with Gasteiger partial charge in [0.25, 0.3) is 0 Å². The number of nitrogen functional groups attached to an aromatic ring is 2. The zero-order valence-corrected chi connectivity index (χ0v) is 15.5. The summed E-state index contributed by atoms with van der Waals surface area (Å²) < 4.78 is 5.14. The molecule has 3 aromatic rings. The maximum Gasteiger partial charge on any atom is 0.200 e. The van der Waals surface area contributed by atoms with Crippen LogP contribution >= 0.6 is 0 Å². The minimum Gasteiger partial charge on any atom is -0.507 e. The number of phenolic OH excluding ortho intramolecular Hbond substituents is 2. The molecule has 0 unspecified atom stereocenters. The molecule has 0 aliphatic heterocycles. The number of ketones is 2. The van der Waals surface area contributed by atoms with Crippen LogP contribution in [0.4, 0.5) is 11.4 Å². The van der Waals surface area contributed by atoms with Crippen molar-refractivity contribution in [3.63, 3.8) is 0 Å². The van der Waals surface area contributed by atoms with E-state index in [-0.39, 0.29) is 45.1 Å². The highest BCUT2D eigenvalue weighted by molar-refractivity contribution is 6.33. The number of carbonyl (C=O) groups excluding carboxylic acids is 2. The van der Waals surface area contributed by atoms with E-state index in [9.17, 15) is 19.8 Å². The molecule has 0 amide bonds. The zero-order valence-electron chi connectivity index (χ0n) is 15.5. The summed E-state index contributed by atoms with van der Waals surface area (Å²) in [6.45, 7) is 0. The van der Waals surface area contributed by atoms with Crippen LogP contribution in [0.3, 0.4) is 0 Å². The Morgan fingerprint density at radius 3 is 2.10 bits per heavy atom. The van der Waals surface area contributed by atoms with Crippen LogP contribution in [0.5, 0.6) is 17.2 Å². The van der Waals surface area contributed by atoms with Gasteiger partial charge in [0, 0.05) is 11.4 Å². The molecule has 0 heterocycles. The Hall–Kier alpha value is -4.00. The molecule has 4 rings (SSSR count). The van der Waals surface area contributed by atoms with Gasteiger partial charge in [0.15, 0.2) is 0 Å². The Kier molecular flexibility index (Phi) is 4.15. The van der Waals surface area contributed by atoms with E-state index in [4.69, 9.17) is 16.2 Å². The summed E-state index contributed by atoms with van der Waals surface area (Å²) in [6, 6.07) is 11.2. The highest BCUT2D eigenvalue weighted by atomic mass is 16.5. The SMILES string of the molecule is COc1ccc(Cc2cc(O)c3c(c2N)C(=O)c2c(O)ccc(N)c2C3=O)cc1. The maximum absolute atomic E-state index is 13.1. The van der Waals surface area contributed by atoms with Gasteiger partial charge in [0.1, 0.15) is 17.2 Å². The van der Waals surface area contributed by atoms with Crippen molar-refractivity contribution in [2.75, 3.05) is 18.6 Å². The normalized spacial score (nSPS) is 12.4. The predicted molar refractivity (Wildman–Crippen MR) is 108 cm³/mol. The van der Waals surface area contributed by atoms with Crippen molar-refractivity contribution in [3.05, 3.63) is 75.8 Å². The Balaban J connectivity index is 1.87. The number of aromatic hydroxyl groups is 2. The standard InChI is InChI=1S/C22H18N2O5/c1-29-12-4-2-10(3-5-12)8-11-9-15(26)18-19(20(11)24)22(28)17-14(25)7-6-13(23)16(17)21(18)27/h2-7,9,25-26H,8,23-24H2,1H3. The van der Waals surface area contributed by atoms with Gasteiger partial charge in [-0.1, -0.05) is 12.1 Å². The van der Waals surface area contributed by atoms with E-state index >= 15 is 0 Å². The number of carbonyl (C=O) groups is 2. The van der Waals surface area contributed by atoms with E-state index in [0.29, 0.717) is 17.7 Å². The second kappa shape index (κ2) is 6.56. The third-order valence-electron chi connectivity index (χ3n) is 5.11. The Labute approximate surface area is 166 Å². The fourth-order valence-electron chi connectivity index (χ4n) is 3.65. The van der Waals surface area contributed by atoms with Crippen molar-refractivity contribution in [1.82, 2.24) is 0 Å². The van der Waals surface area contributed by atoms with Crippen molar-refractivity contribution in [2.24, 2.45) is 0 Å². The van der Waals surface area contributed by atoms with E-state index in [1.807, 2.05) is 12.1 Å². The van der Waals surface area contributed by atoms with Crippen LogP contribution in [-0.2, 0) is 6.42 Å². The summed E-state index contributed by atoms with van der Waals surface area (Å²) in [5, 5.41) is 20.7. The minimum absolute atomic E-state index is 0.0436. The van der Waals surface area contributed by atoms with E-state index in [1.165, 1.54) is 18.2 Å². The number of anilines is 2. The first-order valence-electron chi connectivity index (χ1n) is 8.81. The lowest BCUT2D eigenvalue weighted by atomic mass is 9.80. The molecule has 6 N–H and O–H groups in total. The predicted octanol–water partition coefficient (Wildman–Crippen LogP) is 2.64. The van der Waals surface area contributed by atoms with Gasteiger partial charge in [0.05, 0.1) is 29.4 Å². The number of fused-ring (bicyclic) bond motifs is 2. The van der Waals surface area contributed by atoms with Gasteiger partial charge in [-0.05, 0) is 47.9 Å². The molecule has 0 atom stereocenters. The first kappa shape index (κ1) is 18.4. The third kappa shape index (κ3) is 2.75. The van der Waals surface area contributed by atoms with Crippen LogP contribution < -0.4 is 16.2 Å². The molecule has 0 radical (unpaired) electrons. The van der Waals surface area contributed by atoms with Crippen molar-refractivity contribution < 1.29 is 24.5 Å². The van der Waals surface area contributed by atoms with Crippen molar-refractivity contribution in [3.8, 4) is 17.2 Å². The smallest absolute Gasteiger partial charge is 0.200 e. The average Bonchev–Trinajstić information content (AvgIpc) is 2.70. The lowest BCUT2D eigenvalue weighted by Crippen LogP contribution is -2.24. The number of ether oxygens (including phenoxy) is 1. The monoisotopic (exact) mass is 390 g/mol. The van der Waals surface area contributed by atoms with Crippen LogP contribution in [0.1, 0.15) is 43.0 Å². The third-order valence-corrected chi connectivity index (χ3v) is 5.11. The first-order valence-corrected chi connectivity index (χ1v) is 8.81. The van der Waals surface area contributed by atoms with Crippen LogP contribution in [0, 0.1) is 0 Å². The summed E-state index contributed by atoms with van der Waals surface area (Å²) in [4.78, 5) is 26.1. The average molecular weight is 390 g/mol. The molecule has 146 valence electrons. The molecule has 0 spiro atoms. The van der Waals surface area contributed by atoms with E-state index in [2.05, 4.69) is 0 Å². The number of rotatable bonds is 3. The van der Waals surface area contributed by atoms with Crippen molar-refractivity contribution in [2.45, 2.75) is 6.42 Å². The highest BCUT2D eigenvalue weighted by Crippen LogP contribution is 2.42. The minimum atomic E-state index is -0.650. The first-order chi connectivity index (χ1) is 13.8. The van der Waals surface area contributed by atoms with Gasteiger partial charge >= 0.3 is 0 Å². The number of hydrogen-bond acceptors (Lipinski definition) is 7. The molecule has 0 bridgehead atoms. The van der Waals surface area contributed by atoms with E-state index in [1.54, 1.807) is 19.2 Å². The molecule has 0 aromatic heterocycles. The Morgan fingerprint density at radius 2 is 1.45 bits per heavy atom. The maximum atomic E-state index is 13.1. The lowest BCUT2D eigenvalue weighted by Gasteiger charge is -2.23. The fourth-order valence-corrected chi connectivity index (χ4v) is 3.65. The second-order valence-corrected chi connectivity index (χ2v) is 6.83. The zero-order chi connectivity index (χ0) is 20.9. The molecular formula is C22H18N2O5. The van der Waals surface area contributed by atoms with Gasteiger partial charge in [-0.15, -0.1) is 0 Å². The van der Waals surface area contributed by atoms with Crippen molar-refractivity contribution >= 4 is 22.9 Å². The molecule has 1 aliphatic rings. The highest BCUT2D eigenvalue weighted by Gasteiger charge is 2.38. The van der Waals surface area contributed by atoms with Gasteiger partial charge in [-0.2, -0.15) is 0 Å². The number of phenols is 2. The van der Waals surface area contributed by atoms with Gasteiger partial charge < -0.3 is 26.4 Å². The summed E-state index contributed by atoms with van der Waals surface area (Å²) in [7, 11) is 1.57. The quantitative estimate of drug-likeness (QED) is 0.312. The molecular weight excluding hydrogens is 372 g/mol. The van der Waals surface area contributed by atoms with E-state index in [0.717, 1.165) is 5.56 Å². The molecule has 3 aromatic carbocycles. The molecule has 0 saturated carbocycles. The Bertz CT molecular complexity index is 1180. The van der Waals surface area contributed by atoms with Crippen LogP contribution in [0.15, 0.2) is 42.5 Å². The van der Waals surface area contributed by atoms with Crippen molar-refractivity contribution in [1.29, 1.82) is 0 Å². The van der Waals surface area contributed by atoms with Gasteiger partial charge in [-0.25, -0.2) is 0 Å². The number of nitrogens with two attached hydrogens (primary N) is 2. The van der Waals surface area contributed by atoms with Crippen LogP contribution in [0.2, 0.25) is 0 Å². The summed E-state index contributed by atoms with van der Waals surface area (Å²) in [5.41, 5.74) is 13.0. The number of methoxy groups -OCH3 is 1. The topological polar surface area (TPSA) is 136 Å². The fraction of sp³-hybridized carbons (Fsp3) is 0.0909. The second-order valence-electron chi connectivity index (χ2n) is 6.83. The molecule has 0 saturated heterocycles. The van der Waals surface area contributed by atoms with Gasteiger partial charge in [-0.3, -0.25) is 9.59 Å². The summed E-state index contributed by atoms with van der Waals surface area (Å²) in [5.74, 6) is -1.32. The Morgan fingerprint density at radius 1 is 0.828 bits per heavy atom. The number of benzene rings is 3. The molecule has 1 aliphatic carbocycles. The molecule has 0 fully saturated rings. The van der Waals surface area contributed by atoms with Crippen LogP contribution in [-0.4, -0.2) is 28.9 Å². The molecule has 7 nitrogen and oxygen atoms in total. The molecule has 29 heavy (non-hydrogen) atoms. The summed E-state index contributed by atoms with van der Waals surface area (Å²) >= 11 is 0. The van der Waals surface area contributed by atoms with Crippen LogP contribution in [0.25, 0.3) is 0 Å². The summed E-state index contributed by atoms with van der Waals surface area (Å²) in [6.07, 6.45) is 0.327. The largest absolute Gasteiger partial charge is 0.507 e. The van der Waals surface area contributed by atoms with Gasteiger partial charge in [0.2, 0.25) is 11.6 Å².